The van der Waals surface area contributed by atoms with Crippen LogP contribution in [0.4, 0.5) is 0 Å². The molecule has 0 radical (unpaired) electrons. The molecule has 2 N–H and O–H groups in total. The van der Waals surface area contributed by atoms with Crippen molar-refractivity contribution >= 4 is 18.0 Å². The van der Waals surface area contributed by atoms with E-state index in [-0.39, 0.29) is 6.54 Å². The van der Waals surface area contributed by atoms with E-state index >= 15 is 0 Å². The van der Waals surface area contributed by atoms with Gasteiger partial charge in [0.05, 0.1) is 48.3 Å². The summed E-state index contributed by atoms with van der Waals surface area (Å²) in [6.45, 7) is -0.270. The molecule has 0 bridgehead atoms. The number of hydrogen-bond acceptors (Lipinski definition) is 8. The highest BCUT2D eigenvalue weighted by molar-refractivity contribution is 5.97. The summed E-state index contributed by atoms with van der Waals surface area (Å²) in [6.07, 6.45) is 1.40. The average Bonchev–Trinajstić information content (AvgIpc) is 2.81. The number of ether oxygens (including phenoxy) is 5. The van der Waals surface area contributed by atoms with Gasteiger partial charge in [-0.05, 0) is 30.3 Å². The van der Waals surface area contributed by atoms with Crippen molar-refractivity contribution in [3.8, 4) is 28.7 Å². The van der Waals surface area contributed by atoms with Crippen molar-refractivity contribution in [3.63, 3.8) is 0 Å². The van der Waals surface area contributed by atoms with E-state index in [4.69, 9.17) is 23.7 Å². The highest BCUT2D eigenvalue weighted by Crippen LogP contribution is 2.38. The van der Waals surface area contributed by atoms with Crippen molar-refractivity contribution in [2.75, 3.05) is 42.1 Å². The number of nitrogens with zero attached hydrogens (tertiary/aromatic N) is 1. The number of methoxy groups -OCH3 is 5. The van der Waals surface area contributed by atoms with Gasteiger partial charge in [0.1, 0.15) is 0 Å². The molecule has 0 spiro atoms. The van der Waals surface area contributed by atoms with Gasteiger partial charge in [-0.1, -0.05) is 0 Å². The van der Waals surface area contributed by atoms with Gasteiger partial charge in [0.15, 0.2) is 23.0 Å². The van der Waals surface area contributed by atoms with Gasteiger partial charge < -0.3 is 29.0 Å². The first kappa shape index (κ1) is 23.3. The van der Waals surface area contributed by atoms with Crippen LogP contribution in [-0.4, -0.2) is 60.1 Å². The minimum absolute atomic E-state index is 0.270. The van der Waals surface area contributed by atoms with E-state index in [1.54, 1.807) is 24.3 Å². The monoisotopic (exact) mass is 431 g/mol. The Labute approximate surface area is 180 Å². The second kappa shape index (κ2) is 11.3. The molecule has 31 heavy (non-hydrogen) atoms. The quantitative estimate of drug-likeness (QED) is 0.434. The second-order valence-corrected chi connectivity index (χ2v) is 5.97. The van der Waals surface area contributed by atoms with E-state index in [2.05, 4.69) is 15.8 Å². The van der Waals surface area contributed by atoms with Gasteiger partial charge in [-0.15, -0.1) is 0 Å². The molecular weight excluding hydrogens is 406 g/mol. The van der Waals surface area contributed by atoms with Crippen molar-refractivity contribution in [1.82, 2.24) is 10.7 Å². The van der Waals surface area contributed by atoms with Gasteiger partial charge in [0.25, 0.3) is 11.8 Å². The zero-order valence-electron chi connectivity index (χ0n) is 18.0. The SMILES string of the molecule is COc1ccc(C(=O)NCC(=O)N/N=C\c2ccc(OC)c(OC)c2OC)cc1OC. The molecule has 0 unspecified atom stereocenters. The van der Waals surface area contributed by atoms with Crippen LogP contribution in [0.2, 0.25) is 0 Å². The Bertz CT molecular complexity index is 960. The Morgan fingerprint density at radius 3 is 2.10 bits per heavy atom. The largest absolute Gasteiger partial charge is 0.493 e. The number of hydrazone groups is 1. The topological polar surface area (TPSA) is 117 Å². The highest BCUT2D eigenvalue weighted by Gasteiger charge is 2.15. The molecule has 166 valence electrons. The number of carbonyl (C=O) groups is 2. The van der Waals surface area contributed by atoms with Crippen LogP contribution in [0, 0.1) is 0 Å². The van der Waals surface area contributed by atoms with Crippen LogP contribution in [0.15, 0.2) is 35.4 Å². The Morgan fingerprint density at radius 1 is 0.839 bits per heavy atom. The van der Waals surface area contributed by atoms with Crippen LogP contribution < -0.4 is 34.4 Å². The standard InChI is InChI=1S/C21H25N3O7/c1-27-15-8-6-13(10-17(15)29-3)21(26)22-12-18(25)24-23-11-14-7-9-16(28-2)20(31-5)19(14)30-4/h6-11H,12H2,1-5H3,(H,22,26)(H,24,25)/b23-11-. The van der Waals surface area contributed by atoms with Crippen LogP contribution in [0.5, 0.6) is 28.7 Å². The molecule has 2 amide bonds. The lowest BCUT2D eigenvalue weighted by molar-refractivity contribution is -0.120. The van der Waals surface area contributed by atoms with Crippen LogP contribution in [0.3, 0.4) is 0 Å². The van der Waals surface area contributed by atoms with Crippen molar-refractivity contribution in [1.29, 1.82) is 0 Å². The molecule has 0 saturated carbocycles. The van der Waals surface area contributed by atoms with E-state index in [0.717, 1.165) is 0 Å². The lowest BCUT2D eigenvalue weighted by Gasteiger charge is -2.13. The summed E-state index contributed by atoms with van der Waals surface area (Å²) in [6, 6.07) is 8.08. The maximum atomic E-state index is 12.3. The predicted molar refractivity (Wildman–Crippen MR) is 114 cm³/mol. The van der Waals surface area contributed by atoms with Crippen LogP contribution in [0.1, 0.15) is 15.9 Å². The van der Waals surface area contributed by atoms with Crippen LogP contribution in [0.25, 0.3) is 0 Å². The summed E-state index contributed by atoms with van der Waals surface area (Å²) in [5, 5.41) is 6.40. The first-order valence-electron chi connectivity index (χ1n) is 9.10. The van der Waals surface area contributed by atoms with Gasteiger partial charge in [0.2, 0.25) is 5.75 Å². The number of carbonyl (C=O) groups excluding carboxylic acids is 2. The minimum atomic E-state index is -0.510. The number of amides is 2. The Balaban J connectivity index is 1.97. The molecule has 0 fully saturated rings. The first-order valence-corrected chi connectivity index (χ1v) is 9.10. The summed E-state index contributed by atoms with van der Waals surface area (Å²) in [5.74, 6) is 1.26. The van der Waals surface area contributed by atoms with Crippen molar-refractivity contribution in [2.24, 2.45) is 5.10 Å². The lowest BCUT2D eigenvalue weighted by Crippen LogP contribution is -2.34. The molecule has 10 nitrogen and oxygen atoms in total. The highest BCUT2D eigenvalue weighted by atomic mass is 16.5. The smallest absolute Gasteiger partial charge is 0.259 e. The molecule has 0 aliphatic carbocycles. The summed E-state index contributed by atoms with van der Waals surface area (Å²) in [7, 11) is 7.46. The summed E-state index contributed by atoms with van der Waals surface area (Å²) >= 11 is 0. The zero-order chi connectivity index (χ0) is 22.8. The lowest BCUT2D eigenvalue weighted by atomic mass is 10.2. The molecular formula is C21H25N3O7. The maximum Gasteiger partial charge on any atom is 0.259 e. The zero-order valence-corrected chi connectivity index (χ0v) is 18.0. The summed E-state index contributed by atoms with van der Waals surface area (Å²) < 4.78 is 26.2. The summed E-state index contributed by atoms with van der Waals surface area (Å²) in [5.41, 5.74) is 3.23. The van der Waals surface area contributed by atoms with Gasteiger partial charge in [-0.3, -0.25) is 9.59 Å². The van der Waals surface area contributed by atoms with E-state index in [0.29, 0.717) is 39.9 Å². The van der Waals surface area contributed by atoms with Crippen molar-refractivity contribution < 1.29 is 33.3 Å². The molecule has 2 aromatic rings. The van der Waals surface area contributed by atoms with Crippen LogP contribution in [-0.2, 0) is 4.79 Å². The molecule has 0 saturated heterocycles. The van der Waals surface area contributed by atoms with E-state index in [1.807, 2.05) is 0 Å². The molecule has 2 rings (SSSR count). The Kier molecular flexibility index (Phi) is 8.50. The molecule has 0 heterocycles. The van der Waals surface area contributed by atoms with E-state index in [9.17, 15) is 9.59 Å². The maximum absolute atomic E-state index is 12.3. The van der Waals surface area contributed by atoms with Gasteiger partial charge in [-0.2, -0.15) is 5.10 Å². The number of benzene rings is 2. The number of nitrogens with one attached hydrogen (secondary N) is 2. The van der Waals surface area contributed by atoms with Gasteiger partial charge >= 0.3 is 0 Å². The third-order valence-electron chi connectivity index (χ3n) is 4.18. The minimum Gasteiger partial charge on any atom is -0.493 e. The fraction of sp³-hybridized carbons (Fsp3) is 0.286. The Hall–Kier alpha value is -3.95. The third kappa shape index (κ3) is 5.78. The molecule has 0 aliphatic heterocycles. The Morgan fingerprint density at radius 2 is 1.48 bits per heavy atom. The van der Waals surface area contributed by atoms with Crippen LogP contribution >= 0.6 is 0 Å². The van der Waals surface area contributed by atoms with Gasteiger partial charge in [0, 0.05) is 11.1 Å². The number of hydrogen-bond donors (Lipinski definition) is 2. The molecule has 2 aromatic carbocycles. The van der Waals surface area contributed by atoms with E-state index < -0.39 is 11.8 Å². The van der Waals surface area contributed by atoms with Crippen molar-refractivity contribution in [3.05, 3.63) is 41.5 Å². The molecule has 0 aromatic heterocycles. The number of rotatable bonds is 10. The van der Waals surface area contributed by atoms with E-state index in [1.165, 1.54) is 47.8 Å². The fourth-order valence-corrected chi connectivity index (χ4v) is 2.68. The molecule has 10 heteroatoms. The average molecular weight is 431 g/mol. The normalized spacial score (nSPS) is 10.4. The predicted octanol–water partition coefficient (Wildman–Crippen LogP) is 1.61. The van der Waals surface area contributed by atoms with Crippen molar-refractivity contribution in [2.45, 2.75) is 0 Å². The molecule has 0 aliphatic rings. The third-order valence-corrected chi connectivity index (χ3v) is 4.18. The summed E-state index contributed by atoms with van der Waals surface area (Å²) in [4.78, 5) is 24.3. The fourth-order valence-electron chi connectivity index (χ4n) is 2.68. The first-order chi connectivity index (χ1) is 15.0. The molecule has 0 atom stereocenters. The second-order valence-electron chi connectivity index (χ2n) is 5.97. The van der Waals surface area contributed by atoms with Gasteiger partial charge in [-0.25, -0.2) is 5.43 Å².